The van der Waals surface area contributed by atoms with Gasteiger partial charge in [-0.2, -0.15) is 13.2 Å². The summed E-state index contributed by atoms with van der Waals surface area (Å²) < 4.78 is 70.8. The van der Waals surface area contributed by atoms with E-state index in [0.29, 0.717) is 11.6 Å². The highest BCUT2D eigenvalue weighted by Crippen LogP contribution is 2.48. The number of alkyl halides is 3. The summed E-state index contributed by atoms with van der Waals surface area (Å²) in [5.74, 6) is -2.20. The quantitative estimate of drug-likeness (QED) is 0.241. The molecular formula is C30H26ClF4N5O5. The number of hydrogen-bond donors (Lipinski definition) is 3. The van der Waals surface area contributed by atoms with Crippen LogP contribution in [0.15, 0.2) is 42.7 Å². The number of benzene rings is 1. The zero-order valence-electron chi connectivity index (χ0n) is 23.8. The summed E-state index contributed by atoms with van der Waals surface area (Å²) in [5, 5.41) is 13.1. The van der Waals surface area contributed by atoms with Crippen molar-refractivity contribution in [3.8, 4) is 22.8 Å². The highest BCUT2D eigenvalue weighted by molar-refractivity contribution is 6.31. The smallest absolute Gasteiger partial charge is 0.424 e. The van der Waals surface area contributed by atoms with Gasteiger partial charge in [0.15, 0.2) is 11.4 Å². The fraction of sp³-hybridized carbons (Fsp3) is 0.333. The lowest BCUT2D eigenvalue weighted by molar-refractivity contribution is -0.265. The van der Waals surface area contributed by atoms with E-state index in [1.54, 1.807) is 10.6 Å². The molecule has 4 N–H and O–H groups in total. The van der Waals surface area contributed by atoms with E-state index >= 15 is 0 Å². The van der Waals surface area contributed by atoms with Gasteiger partial charge in [-0.15, -0.1) is 0 Å². The molecule has 0 spiro atoms. The van der Waals surface area contributed by atoms with Gasteiger partial charge in [0.1, 0.15) is 29.3 Å². The first-order chi connectivity index (χ1) is 21.2. The Kier molecular flexibility index (Phi) is 7.20. The van der Waals surface area contributed by atoms with Crippen molar-refractivity contribution in [1.82, 2.24) is 19.7 Å². The Morgan fingerprint density at radius 3 is 2.58 bits per heavy atom. The van der Waals surface area contributed by atoms with Gasteiger partial charge in [-0.25, -0.2) is 14.4 Å². The third kappa shape index (κ3) is 5.11. The van der Waals surface area contributed by atoms with Crippen molar-refractivity contribution in [3.63, 3.8) is 0 Å². The second-order valence-corrected chi connectivity index (χ2v) is 11.8. The monoisotopic (exact) mass is 647 g/mol. The minimum Gasteiger partial charge on any atom is -0.493 e. The van der Waals surface area contributed by atoms with Crippen molar-refractivity contribution in [2.75, 3.05) is 20.3 Å². The Bertz CT molecular complexity index is 1880. The molecule has 4 aromatic rings. The molecule has 0 unspecified atom stereocenters. The lowest BCUT2D eigenvalue weighted by atomic mass is 9.81. The molecule has 2 atom stereocenters. The second-order valence-electron chi connectivity index (χ2n) is 11.4. The second kappa shape index (κ2) is 10.6. The molecule has 4 heterocycles. The minimum absolute atomic E-state index is 0.0491. The largest absolute Gasteiger partial charge is 0.493 e. The molecule has 1 aliphatic carbocycles. The van der Waals surface area contributed by atoms with Gasteiger partial charge < -0.3 is 30.0 Å². The Morgan fingerprint density at radius 2 is 1.96 bits per heavy atom. The van der Waals surface area contributed by atoms with Gasteiger partial charge >= 0.3 is 6.18 Å². The average molecular weight is 648 g/mol. The van der Waals surface area contributed by atoms with Crippen LogP contribution in [0.5, 0.6) is 11.5 Å². The van der Waals surface area contributed by atoms with E-state index < -0.39 is 47.1 Å². The number of ether oxygens (including phenoxy) is 2. The maximum absolute atomic E-state index is 14.7. The number of hydrogen-bond acceptors (Lipinski definition) is 7. The van der Waals surface area contributed by atoms with Crippen molar-refractivity contribution in [1.29, 1.82) is 0 Å². The van der Waals surface area contributed by atoms with E-state index in [2.05, 4.69) is 15.3 Å². The van der Waals surface area contributed by atoms with E-state index in [4.69, 9.17) is 26.8 Å². The Balaban J connectivity index is 1.41. The number of primary amides is 1. The number of nitrogens with two attached hydrogens (primary N) is 1. The van der Waals surface area contributed by atoms with Crippen LogP contribution in [0.25, 0.3) is 16.9 Å². The van der Waals surface area contributed by atoms with Gasteiger partial charge in [-0.1, -0.05) is 11.6 Å². The number of carbonyl (C=O) groups is 2. The number of carbonyl (C=O) groups excluding carboxylic acids is 2. The summed E-state index contributed by atoms with van der Waals surface area (Å²) in [6.07, 6.45) is -0.293. The number of rotatable bonds is 8. The fourth-order valence-electron chi connectivity index (χ4n) is 5.22. The van der Waals surface area contributed by atoms with Gasteiger partial charge in [0.2, 0.25) is 11.5 Å². The molecule has 0 saturated heterocycles. The number of imidazole rings is 1. The topological polar surface area (TPSA) is 141 Å². The predicted octanol–water partition coefficient (Wildman–Crippen LogP) is 4.39. The first-order valence-electron chi connectivity index (χ1n) is 13.7. The first kappa shape index (κ1) is 30.6. The third-order valence-corrected chi connectivity index (χ3v) is 8.51. The van der Waals surface area contributed by atoms with Gasteiger partial charge in [-0.3, -0.25) is 9.59 Å². The molecule has 10 nitrogen and oxygen atoms in total. The summed E-state index contributed by atoms with van der Waals surface area (Å²) in [4.78, 5) is 34.3. The zero-order valence-corrected chi connectivity index (χ0v) is 24.6. The SMILES string of the molecule is COc1cc(C(=O)NC[C@](O)(c2cc3c(c(-c4ccc(F)c(Cl)c4)n2)OC[C@]3(C)C(N)=O)C(F)(F)F)cn2cc(C3CC3)nc12. The van der Waals surface area contributed by atoms with Crippen LogP contribution in [-0.2, 0) is 15.8 Å². The van der Waals surface area contributed by atoms with E-state index in [1.807, 2.05) is 0 Å². The first-order valence-corrected chi connectivity index (χ1v) is 14.1. The van der Waals surface area contributed by atoms with Crippen LogP contribution in [-0.4, -0.2) is 57.7 Å². The van der Waals surface area contributed by atoms with E-state index in [0.717, 1.165) is 36.7 Å². The van der Waals surface area contributed by atoms with E-state index in [9.17, 15) is 32.3 Å². The Morgan fingerprint density at radius 1 is 1.22 bits per heavy atom. The molecule has 236 valence electrons. The number of pyridine rings is 2. The molecule has 1 aromatic carbocycles. The summed E-state index contributed by atoms with van der Waals surface area (Å²) >= 11 is 5.93. The minimum atomic E-state index is -5.38. The normalized spacial score (nSPS) is 19.1. The maximum atomic E-state index is 14.7. The summed E-state index contributed by atoms with van der Waals surface area (Å²) in [7, 11) is 1.37. The van der Waals surface area contributed by atoms with Crippen LogP contribution in [0.4, 0.5) is 17.6 Å². The highest BCUT2D eigenvalue weighted by atomic mass is 35.5. The number of aliphatic hydroxyl groups is 1. The van der Waals surface area contributed by atoms with Crippen molar-refractivity contribution in [3.05, 3.63) is 76.1 Å². The predicted molar refractivity (Wildman–Crippen MR) is 153 cm³/mol. The van der Waals surface area contributed by atoms with Gasteiger partial charge in [0.05, 0.1) is 35.6 Å². The lowest BCUT2D eigenvalue weighted by Crippen LogP contribution is -2.51. The molecule has 0 radical (unpaired) electrons. The average Bonchev–Trinajstić information content (AvgIpc) is 3.66. The van der Waals surface area contributed by atoms with Crippen LogP contribution in [0.1, 0.15) is 53.0 Å². The number of nitrogens with zero attached hydrogens (tertiary/aromatic N) is 3. The number of amides is 2. The van der Waals surface area contributed by atoms with Crippen LogP contribution >= 0.6 is 11.6 Å². The number of halogens is 5. The molecule has 2 aliphatic rings. The fourth-order valence-corrected chi connectivity index (χ4v) is 5.40. The van der Waals surface area contributed by atoms with E-state index in [-0.39, 0.29) is 45.5 Å². The number of methoxy groups -OCH3 is 1. The molecule has 1 fully saturated rings. The molecule has 0 bridgehead atoms. The van der Waals surface area contributed by atoms with Gasteiger partial charge in [0, 0.05) is 29.4 Å². The van der Waals surface area contributed by atoms with Crippen molar-refractivity contribution in [2.24, 2.45) is 5.73 Å². The number of nitrogens with one attached hydrogen (secondary N) is 1. The van der Waals surface area contributed by atoms with Crippen molar-refractivity contribution < 1.29 is 41.7 Å². The Labute approximate surface area is 258 Å². The molecule has 2 amide bonds. The molecule has 6 rings (SSSR count). The molecule has 1 saturated carbocycles. The summed E-state index contributed by atoms with van der Waals surface area (Å²) in [5.41, 5.74) is 0.206. The molecule has 15 heteroatoms. The van der Waals surface area contributed by atoms with E-state index in [1.165, 1.54) is 32.4 Å². The Hall–Kier alpha value is -4.43. The molecule has 1 aliphatic heterocycles. The molecule has 45 heavy (non-hydrogen) atoms. The molecular weight excluding hydrogens is 622 g/mol. The summed E-state index contributed by atoms with van der Waals surface area (Å²) in [6.45, 7) is -0.321. The summed E-state index contributed by atoms with van der Waals surface area (Å²) in [6, 6.07) is 5.52. The van der Waals surface area contributed by atoms with Crippen molar-refractivity contribution in [2.45, 2.75) is 42.9 Å². The third-order valence-electron chi connectivity index (χ3n) is 8.22. The number of fused-ring (bicyclic) bond motifs is 2. The number of aromatic nitrogens is 3. The van der Waals surface area contributed by atoms with Gasteiger partial charge in [-0.05, 0) is 50.1 Å². The lowest BCUT2D eigenvalue weighted by Gasteiger charge is -2.31. The standard InChI is InChI=1S/C30H26ClF4N5O5/c1-28(27(36)42)13-45-24-17(28)9-22(39-23(24)15-5-6-19(32)18(31)7-15)29(43,30(33,34)35)12-37-26(41)16-8-21(44-2)25-38-20(14-3-4-14)11-40(25)10-16/h5-11,14,43H,3-4,12-13H2,1-2H3,(H2,36,42)(H,37,41)/t28-,29-/m0/s1. The van der Waals surface area contributed by atoms with Crippen LogP contribution < -0.4 is 20.5 Å². The van der Waals surface area contributed by atoms with Gasteiger partial charge in [0.25, 0.3) is 5.91 Å². The van der Waals surface area contributed by atoms with Crippen LogP contribution in [0, 0.1) is 5.82 Å². The molecule has 3 aromatic heterocycles. The van der Waals surface area contributed by atoms with Crippen LogP contribution in [0.3, 0.4) is 0 Å². The van der Waals surface area contributed by atoms with Crippen molar-refractivity contribution >= 4 is 29.1 Å². The zero-order chi connectivity index (χ0) is 32.5. The van der Waals surface area contributed by atoms with Crippen LogP contribution in [0.2, 0.25) is 5.02 Å². The maximum Gasteiger partial charge on any atom is 0.424 e. The highest BCUT2D eigenvalue weighted by Gasteiger charge is 2.57.